The molecule has 240 valence electrons. The predicted octanol–water partition coefficient (Wildman–Crippen LogP) is 3.69. The van der Waals surface area contributed by atoms with Crippen LogP contribution in [0.15, 0.2) is 24.4 Å². The normalized spacial score (nSPS) is 23.3. The number of piperidine rings is 1. The summed E-state index contributed by atoms with van der Waals surface area (Å²) >= 11 is 1.19. The molecule has 3 aromatic rings. The summed E-state index contributed by atoms with van der Waals surface area (Å²) < 4.78 is 53.0. The molecule has 1 N–H and O–H groups in total. The average Bonchev–Trinajstić information content (AvgIpc) is 3.31. The summed E-state index contributed by atoms with van der Waals surface area (Å²) in [7, 11) is 0. The molecule has 1 saturated carbocycles. The van der Waals surface area contributed by atoms with E-state index in [0.717, 1.165) is 4.73 Å². The number of halogens is 3. The molecular weight excluding hydrogens is 617 g/mol. The largest absolute Gasteiger partial charge is 0.493 e. The molecule has 3 fully saturated rings. The topological polar surface area (TPSA) is 129 Å². The molecule has 2 aliphatic heterocycles. The molecule has 5 heterocycles. The highest BCUT2D eigenvalue weighted by Gasteiger charge is 2.72. The van der Waals surface area contributed by atoms with Crippen molar-refractivity contribution in [2.45, 2.75) is 52.4 Å². The fraction of sp³-hybridized carbons (Fsp3) is 0.500. The maximum Gasteiger partial charge on any atom is 0.493 e. The average molecular weight is 649 g/mol. The third-order valence-electron chi connectivity index (χ3n) is 8.79. The van der Waals surface area contributed by atoms with Crippen molar-refractivity contribution in [1.29, 1.82) is 0 Å². The van der Waals surface area contributed by atoms with Gasteiger partial charge < -0.3 is 19.6 Å². The second-order valence-electron chi connectivity index (χ2n) is 11.9. The van der Waals surface area contributed by atoms with Gasteiger partial charge in [-0.15, -0.1) is 11.3 Å². The minimum Gasteiger partial charge on any atom is -0.462 e. The summed E-state index contributed by atoms with van der Waals surface area (Å²) in [4.78, 5) is 62.6. The second-order valence-corrected chi connectivity index (χ2v) is 13.1. The number of fused-ring (bicyclic) bond motifs is 2. The number of likely N-dealkylation sites (tertiary alicyclic amines) is 1. The molecule has 1 aliphatic carbocycles. The van der Waals surface area contributed by atoms with Crippen molar-refractivity contribution in [3.8, 4) is 11.3 Å². The highest BCUT2D eigenvalue weighted by Crippen LogP contribution is 2.63. The number of thiophene rings is 1. The maximum absolute atomic E-state index is 13.6. The van der Waals surface area contributed by atoms with E-state index in [0.29, 0.717) is 40.4 Å². The number of aromatic nitrogens is 2. The maximum atomic E-state index is 13.6. The number of hydrogen-bond donors (Lipinski definition) is 1. The molecule has 3 aliphatic rings. The van der Waals surface area contributed by atoms with Gasteiger partial charge in [-0.05, 0) is 30.5 Å². The third kappa shape index (κ3) is 5.29. The molecule has 0 radical (unpaired) electrons. The van der Waals surface area contributed by atoms with Gasteiger partial charge in [-0.25, -0.2) is 9.59 Å². The first-order valence-corrected chi connectivity index (χ1v) is 15.3. The van der Waals surface area contributed by atoms with E-state index in [-0.39, 0.29) is 59.2 Å². The van der Waals surface area contributed by atoms with Crippen molar-refractivity contribution in [2.75, 3.05) is 26.3 Å². The van der Waals surface area contributed by atoms with E-state index in [1.54, 1.807) is 19.9 Å². The first-order chi connectivity index (χ1) is 21.3. The Bertz CT molecular complexity index is 1680. The standard InChI is InChI=1S/C30H31F3N4O7S/c1-5-42-27(40)17-11-19(37(44-28(41)30(31,32)33)23(17)14(2)20-12-34-8-9-43-20)16-6-7-35-18-10-15(45-24(16)18)13-36-25(38)21-22(26(36)39)29(21,3)4/h6-7,10-11,14,20-22,34H,5,8-9,12-13H2,1-4H3/t14?,20-,21?,22?/m1/s1. The van der Waals surface area contributed by atoms with Crippen LogP contribution >= 0.6 is 11.3 Å². The molecule has 15 heteroatoms. The van der Waals surface area contributed by atoms with Crippen LogP contribution in [0.25, 0.3) is 21.5 Å². The Morgan fingerprint density at radius 1 is 1.22 bits per heavy atom. The van der Waals surface area contributed by atoms with Crippen LogP contribution in [-0.2, 0) is 30.4 Å². The quantitative estimate of drug-likeness (QED) is 0.287. The van der Waals surface area contributed by atoms with Gasteiger partial charge in [0.2, 0.25) is 11.8 Å². The zero-order valence-electron chi connectivity index (χ0n) is 24.9. The van der Waals surface area contributed by atoms with E-state index >= 15 is 0 Å². The SMILES string of the molecule is CCOC(=O)c1cc(-c2ccnc3cc(CN4C(=O)C5C(C4=O)C5(C)C)sc23)n(OC(=O)C(F)(F)F)c1C(C)[C@H]1CNCCO1. The lowest BCUT2D eigenvalue weighted by atomic mass is 9.96. The van der Waals surface area contributed by atoms with Crippen molar-refractivity contribution in [1.82, 2.24) is 19.9 Å². The molecule has 4 atom stereocenters. The highest BCUT2D eigenvalue weighted by atomic mass is 32.1. The van der Waals surface area contributed by atoms with Gasteiger partial charge in [0.05, 0.1) is 64.9 Å². The second kappa shape index (κ2) is 11.2. The number of alkyl halides is 3. The van der Waals surface area contributed by atoms with Crippen molar-refractivity contribution >= 4 is 45.3 Å². The van der Waals surface area contributed by atoms with Gasteiger partial charge in [0, 0.05) is 35.6 Å². The van der Waals surface area contributed by atoms with Crippen LogP contribution in [0, 0.1) is 17.3 Å². The molecule has 6 rings (SSSR count). The number of nitrogens with one attached hydrogen (secondary N) is 1. The molecule has 3 unspecified atom stereocenters. The summed E-state index contributed by atoms with van der Waals surface area (Å²) in [5.41, 5.74) is 0.286. The first-order valence-electron chi connectivity index (χ1n) is 14.5. The predicted molar refractivity (Wildman–Crippen MR) is 154 cm³/mol. The molecule has 0 bridgehead atoms. The summed E-state index contributed by atoms with van der Waals surface area (Å²) in [5.74, 6) is -5.15. The van der Waals surface area contributed by atoms with E-state index in [2.05, 4.69) is 10.3 Å². The summed E-state index contributed by atoms with van der Waals surface area (Å²) in [6.45, 7) is 8.32. The van der Waals surface area contributed by atoms with E-state index in [4.69, 9.17) is 14.3 Å². The lowest BCUT2D eigenvalue weighted by molar-refractivity contribution is -0.200. The zero-order valence-corrected chi connectivity index (χ0v) is 25.7. The van der Waals surface area contributed by atoms with Crippen molar-refractivity contribution in [2.24, 2.45) is 17.3 Å². The molecular formula is C30H31F3N4O7S. The third-order valence-corrected chi connectivity index (χ3v) is 9.93. The van der Waals surface area contributed by atoms with Crippen LogP contribution in [-0.4, -0.2) is 77.0 Å². The monoisotopic (exact) mass is 648 g/mol. The summed E-state index contributed by atoms with van der Waals surface area (Å²) in [6, 6.07) is 4.56. The van der Waals surface area contributed by atoms with Gasteiger partial charge in [0.15, 0.2) is 0 Å². The number of hydrogen-bond acceptors (Lipinski definition) is 10. The van der Waals surface area contributed by atoms with Crippen molar-refractivity contribution < 1.29 is 46.7 Å². The van der Waals surface area contributed by atoms with Gasteiger partial charge in [-0.1, -0.05) is 20.8 Å². The fourth-order valence-corrected chi connectivity index (χ4v) is 7.52. The first kappa shape index (κ1) is 31.2. The molecule has 45 heavy (non-hydrogen) atoms. The summed E-state index contributed by atoms with van der Waals surface area (Å²) in [6.07, 6.45) is -4.46. The Morgan fingerprint density at radius 2 is 1.93 bits per heavy atom. The molecule has 0 aromatic carbocycles. The Balaban J connectivity index is 1.46. The number of pyridine rings is 1. The Labute approximate surface area is 259 Å². The Kier molecular flexibility index (Phi) is 7.77. The molecule has 0 spiro atoms. The molecule has 11 nitrogen and oxygen atoms in total. The molecule has 2 amide bonds. The number of carbonyl (C=O) groups excluding carboxylic acids is 4. The Hall–Kier alpha value is -3.82. The number of morpholine rings is 1. The lowest BCUT2D eigenvalue weighted by Gasteiger charge is -2.30. The van der Waals surface area contributed by atoms with Crippen LogP contribution in [0.2, 0.25) is 0 Å². The highest BCUT2D eigenvalue weighted by molar-refractivity contribution is 7.19. The van der Waals surface area contributed by atoms with Crippen LogP contribution in [0.3, 0.4) is 0 Å². The lowest BCUT2D eigenvalue weighted by Crippen LogP contribution is -2.42. The number of nitrogens with zero attached hydrogens (tertiary/aromatic N) is 3. The van der Waals surface area contributed by atoms with Crippen LogP contribution in [0.1, 0.15) is 54.5 Å². The van der Waals surface area contributed by atoms with Gasteiger partial charge in [0.25, 0.3) is 0 Å². The number of imide groups is 1. The van der Waals surface area contributed by atoms with E-state index < -0.39 is 30.1 Å². The number of rotatable bonds is 8. The van der Waals surface area contributed by atoms with Crippen LogP contribution in [0.5, 0.6) is 0 Å². The number of esters is 1. The fourth-order valence-electron chi connectivity index (χ4n) is 6.40. The van der Waals surface area contributed by atoms with Gasteiger partial charge in [-0.2, -0.15) is 17.9 Å². The van der Waals surface area contributed by atoms with E-state index in [9.17, 15) is 32.3 Å². The number of carbonyl (C=O) groups is 4. The van der Waals surface area contributed by atoms with Gasteiger partial charge >= 0.3 is 18.1 Å². The summed E-state index contributed by atoms with van der Waals surface area (Å²) in [5, 5.41) is 3.16. The van der Waals surface area contributed by atoms with E-state index in [1.165, 1.54) is 34.6 Å². The smallest absolute Gasteiger partial charge is 0.462 e. The number of ether oxygens (including phenoxy) is 2. The zero-order chi connectivity index (χ0) is 32.4. The van der Waals surface area contributed by atoms with Crippen molar-refractivity contribution in [3.63, 3.8) is 0 Å². The molecule has 2 saturated heterocycles. The van der Waals surface area contributed by atoms with E-state index in [1.807, 2.05) is 13.8 Å². The van der Waals surface area contributed by atoms with Crippen molar-refractivity contribution in [3.05, 3.63) is 40.5 Å². The minimum atomic E-state index is -5.33. The van der Waals surface area contributed by atoms with Crippen LogP contribution in [0.4, 0.5) is 13.2 Å². The molecule has 3 aromatic heterocycles. The van der Waals surface area contributed by atoms with Gasteiger partial charge in [0.1, 0.15) is 0 Å². The van der Waals surface area contributed by atoms with Crippen LogP contribution < -0.4 is 10.2 Å². The Morgan fingerprint density at radius 3 is 2.56 bits per heavy atom. The number of amides is 2. The van der Waals surface area contributed by atoms with Gasteiger partial charge in [-0.3, -0.25) is 19.5 Å². The minimum absolute atomic E-state index is 0.00237.